The lowest BCUT2D eigenvalue weighted by atomic mass is 9.96. The number of ether oxygens (including phenoxy) is 2. The topological polar surface area (TPSA) is 63.7 Å². The van der Waals surface area contributed by atoms with Crippen LogP contribution < -0.4 is 14.8 Å². The average Bonchev–Trinajstić information content (AvgIpc) is 2.74. The summed E-state index contributed by atoms with van der Waals surface area (Å²) in [5.41, 5.74) is 0.585. The fourth-order valence-electron chi connectivity index (χ4n) is 3.69. The molecule has 0 saturated carbocycles. The molecule has 28 heavy (non-hydrogen) atoms. The first-order valence-electron chi connectivity index (χ1n) is 9.67. The predicted molar refractivity (Wildman–Crippen MR) is 102 cm³/mol. The Kier molecular flexibility index (Phi) is 5.71. The number of carbonyl (C=O) groups excluding carboxylic acids is 1. The first-order valence-corrected chi connectivity index (χ1v) is 9.67. The molecule has 2 aliphatic heterocycles. The van der Waals surface area contributed by atoms with E-state index in [1.54, 1.807) is 36.7 Å². The van der Waals surface area contributed by atoms with Gasteiger partial charge in [0.25, 0.3) is 5.91 Å². The number of carbonyl (C=O) groups is 1. The van der Waals surface area contributed by atoms with Crippen LogP contribution in [0.5, 0.6) is 11.5 Å². The molecular weight excluding hydrogens is 361 g/mol. The second-order valence-corrected chi connectivity index (χ2v) is 7.31. The number of benzene rings is 1. The van der Waals surface area contributed by atoms with Gasteiger partial charge in [0, 0.05) is 25.5 Å². The minimum Gasteiger partial charge on any atom is -0.486 e. The number of hydrogen-bond acceptors (Lipinski definition) is 5. The van der Waals surface area contributed by atoms with Gasteiger partial charge in [0.15, 0.2) is 17.3 Å². The number of aromatic nitrogens is 1. The van der Waals surface area contributed by atoms with E-state index in [9.17, 15) is 9.18 Å². The van der Waals surface area contributed by atoms with Crippen molar-refractivity contribution in [2.24, 2.45) is 5.92 Å². The molecule has 2 aliphatic rings. The van der Waals surface area contributed by atoms with E-state index >= 15 is 0 Å². The van der Waals surface area contributed by atoms with Crippen molar-refractivity contribution in [2.75, 3.05) is 32.8 Å². The maximum atomic E-state index is 13.9. The van der Waals surface area contributed by atoms with Crippen molar-refractivity contribution in [1.29, 1.82) is 0 Å². The van der Waals surface area contributed by atoms with E-state index in [2.05, 4.69) is 15.2 Å². The predicted octanol–water partition coefficient (Wildman–Crippen LogP) is 2.50. The lowest BCUT2D eigenvalue weighted by Gasteiger charge is -2.35. The van der Waals surface area contributed by atoms with E-state index in [1.165, 1.54) is 6.07 Å². The van der Waals surface area contributed by atoms with E-state index in [0.29, 0.717) is 36.9 Å². The average molecular weight is 385 g/mol. The van der Waals surface area contributed by atoms with E-state index < -0.39 is 0 Å². The molecule has 3 heterocycles. The normalized spacial score (nSPS) is 20.0. The zero-order valence-corrected chi connectivity index (χ0v) is 15.6. The summed E-state index contributed by atoms with van der Waals surface area (Å²) in [4.78, 5) is 18.4. The Bertz CT molecular complexity index is 810. The molecule has 1 saturated heterocycles. The number of halogens is 1. The summed E-state index contributed by atoms with van der Waals surface area (Å²) in [5, 5.41) is 3.00. The molecule has 2 aromatic rings. The Balaban J connectivity index is 1.21. The molecule has 0 spiro atoms. The number of nitrogens with zero attached hydrogens (tertiary/aromatic N) is 2. The summed E-state index contributed by atoms with van der Waals surface area (Å²) >= 11 is 0. The third-order valence-corrected chi connectivity index (χ3v) is 5.28. The van der Waals surface area contributed by atoms with Crippen LogP contribution >= 0.6 is 0 Å². The fraction of sp³-hybridized carbons (Fsp3) is 0.429. The van der Waals surface area contributed by atoms with Crippen LogP contribution in [-0.4, -0.2) is 54.7 Å². The minimum absolute atomic E-state index is 0.0797. The Morgan fingerprint density at radius 2 is 2.11 bits per heavy atom. The lowest BCUT2D eigenvalue weighted by molar-refractivity contribution is 0.0442. The smallest absolute Gasteiger partial charge is 0.252 e. The molecule has 1 aromatic heterocycles. The van der Waals surface area contributed by atoms with Gasteiger partial charge in [-0.2, -0.15) is 0 Å². The number of para-hydroxylation sites is 1. The molecule has 1 N–H and O–H groups in total. The first kappa shape index (κ1) is 18.7. The molecule has 6 nitrogen and oxygen atoms in total. The van der Waals surface area contributed by atoms with Gasteiger partial charge in [-0.05, 0) is 56.1 Å². The summed E-state index contributed by atoms with van der Waals surface area (Å²) in [7, 11) is 0. The second kappa shape index (κ2) is 8.56. The van der Waals surface area contributed by atoms with Crippen molar-refractivity contribution in [3.63, 3.8) is 0 Å². The number of pyridine rings is 1. The minimum atomic E-state index is -0.384. The van der Waals surface area contributed by atoms with Gasteiger partial charge in [0.1, 0.15) is 12.7 Å². The zero-order valence-electron chi connectivity index (χ0n) is 15.6. The standard InChI is InChI=1S/C21H24FN3O3/c22-18-4-1-5-19-20(18)28-17(14-27-19)13-25-9-6-15(7-10-25)11-24-21(26)16-3-2-8-23-12-16/h1-5,8,12,15,17H,6-7,9-11,13-14H2,(H,24,26). The van der Waals surface area contributed by atoms with Crippen LogP contribution in [0.2, 0.25) is 0 Å². The van der Waals surface area contributed by atoms with Crippen LogP contribution in [0.4, 0.5) is 4.39 Å². The van der Waals surface area contributed by atoms with Gasteiger partial charge in [-0.25, -0.2) is 4.39 Å². The van der Waals surface area contributed by atoms with Crippen molar-refractivity contribution in [3.05, 3.63) is 54.1 Å². The summed E-state index contributed by atoms with van der Waals surface area (Å²) in [6, 6.07) is 8.25. The van der Waals surface area contributed by atoms with Crippen LogP contribution in [0.3, 0.4) is 0 Å². The second-order valence-electron chi connectivity index (χ2n) is 7.31. The highest BCUT2D eigenvalue weighted by Crippen LogP contribution is 2.34. The van der Waals surface area contributed by atoms with Gasteiger partial charge >= 0.3 is 0 Å². The first-order chi connectivity index (χ1) is 13.7. The van der Waals surface area contributed by atoms with E-state index in [1.807, 2.05) is 0 Å². The van der Waals surface area contributed by atoms with Crippen LogP contribution in [0.1, 0.15) is 23.2 Å². The zero-order chi connectivity index (χ0) is 19.3. The number of fused-ring (bicyclic) bond motifs is 1. The highest BCUT2D eigenvalue weighted by atomic mass is 19.1. The maximum absolute atomic E-state index is 13.9. The summed E-state index contributed by atoms with van der Waals surface area (Å²) < 4.78 is 25.3. The number of hydrogen-bond donors (Lipinski definition) is 1. The number of nitrogens with one attached hydrogen (secondary N) is 1. The van der Waals surface area contributed by atoms with Gasteiger partial charge in [-0.15, -0.1) is 0 Å². The van der Waals surface area contributed by atoms with Gasteiger partial charge in [0.2, 0.25) is 0 Å². The number of piperidine rings is 1. The molecule has 0 bridgehead atoms. The molecule has 1 aromatic carbocycles. The van der Waals surface area contributed by atoms with Crippen molar-refractivity contribution >= 4 is 5.91 Å². The van der Waals surface area contributed by atoms with Crippen molar-refractivity contribution in [3.8, 4) is 11.5 Å². The molecule has 7 heteroatoms. The molecule has 1 amide bonds. The van der Waals surface area contributed by atoms with Crippen molar-refractivity contribution < 1.29 is 18.7 Å². The Hall–Kier alpha value is -2.67. The molecule has 0 aliphatic carbocycles. The molecule has 0 radical (unpaired) electrons. The third kappa shape index (κ3) is 4.42. The fourth-order valence-corrected chi connectivity index (χ4v) is 3.69. The Morgan fingerprint density at radius 1 is 1.25 bits per heavy atom. The van der Waals surface area contributed by atoms with Crippen LogP contribution in [-0.2, 0) is 0 Å². The van der Waals surface area contributed by atoms with Gasteiger partial charge < -0.3 is 14.8 Å². The highest BCUT2D eigenvalue weighted by molar-refractivity contribution is 5.93. The SMILES string of the molecule is O=C(NCC1CCN(CC2COc3cccc(F)c3O2)CC1)c1cccnc1. The Labute approximate surface area is 163 Å². The van der Waals surface area contributed by atoms with Crippen LogP contribution in [0.15, 0.2) is 42.7 Å². The van der Waals surface area contributed by atoms with E-state index in [4.69, 9.17) is 9.47 Å². The van der Waals surface area contributed by atoms with E-state index in [-0.39, 0.29) is 23.6 Å². The quantitative estimate of drug-likeness (QED) is 0.857. The maximum Gasteiger partial charge on any atom is 0.252 e. The summed E-state index contributed by atoms with van der Waals surface area (Å²) in [5.74, 6) is 0.680. The summed E-state index contributed by atoms with van der Waals surface area (Å²) in [6.07, 6.45) is 5.06. The number of rotatable bonds is 5. The number of amides is 1. The van der Waals surface area contributed by atoms with Crippen molar-refractivity contribution in [2.45, 2.75) is 18.9 Å². The molecule has 1 unspecified atom stereocenters. The largest absolute Gasteiger partial charge is 0.486 e. The van der Waals surface area contributed by atoms with Crippen LogP contribution in [0.25, 0.3) is 0 Å². The van der Waals surface area contributed by atoms with Gasteiger partial charge in [0.05, 0.1) is 5.56 Å². The van der Waals surface area contributed by atoms with Crippen molar-refractivity contribution in [1.82, 2.24) is 15.2 Å². The number of likely N-dealkylation sites (tertiary alicyclic amines) is 1. The molecule has 4 rings (SSSR count). The molecule has 1 atom stereocenters. The molecule has 1 fully saturated rings. The third-order valence-electron chi connectivity index (χ3n) is 5.28. The van der Waals surface area contributed by atoms with E-state index in [0.717, 1.165) is 25.9 Å². The molecular formula is C21H24FN3O3. The highest BCUT2D eigenvalue weighted by Gasteiger charge is 2.27. The van der Waals surface area contributed by atoms with Crippen LogP contribution in [0, 0.1) is 11.7 Å². The van der Waals surface area contributed by atoms with Gasteiger partial charge in [-0.1, -0.05) is 6.07 Å². The van der Waals surface area contributed by atoms with Gasteiger partial charge in [-0.3, -0.25) is 14.7 Å². The Morgan fingerprint density at radius 3 is 2.89 bits per heavy atom. The summed E-state index contributed by atoms with van der Waals surface area (Å²) in [6.45, 7) is 3.66. The molecule has 148 valence electrons. The monoisotopic (exact) mass is 385 g/mol. The lowest BCUT2D eigenvalue weighted by Crippen LogP contribution is -2.45.